The fourth-order valence-electron chi connectivity index (χ4n) is 2.01. The minimum absolute atomic E-state index is 0. The molecule has 0 aromatic carbocycles. The van der Waals surface area contributed by atoms with Gasteiger partial charge >= 0.3 is 0 Å². The summed E-state index contributed by atoms with van der Waals surface area (Å²) in [4.78, 5) is 0. The zero-order chi connectivity index (χ0) is 7.35. The molecule has 11 heavy (non-hydrogen) atoms. The van der Waals surface area contributed by atoms with Crippen molar-refractivity contribution in [2.24, 2.45) is 17.6 Å². The van der Waals surface area contributed by atoms with Crippen LogP contribution in [0.3, 0.4) is 0 Å². The van der Waals surface area contributed by atoms with Gasteiger partial charge in [-0.3, -0.25) is 0 Å². The van der Waals surface area contributed by atoms with Gasteiger partial charge < -0.3 is 5.73 Å². The Labute approximate surface area is 70.7 Å². The van der Waals surface area contributed by atoms with Crippen molar-refractivity contribution >= 4 is 12.4 Å². The third-order valence-electron chi connectivity index (χ3n) is 2.77. The van der Waals surface area contributed by atoms with Crippen LogP contribution in [0.15, 0.2) is 0 Å². The average Bonchev–Trinajstić information content (AvgIpc) is 2.36. The molecule has 0 amide bonds. The van der Waals surface area contributed by atoms with Gasteiger partial charge in [0, 0.05) is 17.9 Å². The Morgan fingerprint density at radius 3 is 2.27 bits per heavy atom. The highest BCUT2D eigenvalue weighted by atomic mass is 35.5. The van der Waals surface area contributed by atoms with E-state index in [0.29, 0.717) is 12.8 Å². The van der Waals surface area contributed by atoms with Gasteiger partial charge in [-0.2, -0.15) is 0 Å². The molecule has 1 nitrogen and oxygen atoms in total. The van der Waals surface area contributed by atoms with Crippen LogP contribution in [0.25, 0.3) is 0 Å². The Bertz CT molecular complexity index is 163. The highest BCUT2D eigenvalue weighted by molar-refractivity contribution is 5.85. The lowest BCUT2D eigenvalue weighted by atomic mass is 9.97. The molecule has 2 aliphatic carbocycles. The fourth-order valence-corrected chi connectivity index (χ4v) is 2.01. The summed E-state index contributed by atoms with van der Waals surface area (Å²) < 4.78 is 25.2. The Hall–Kier alpha value is 0.110. The van der Waals surface area contributed by atoms with E-state index in [1.54, 1.807) is 0 Å². The first-order valence-electron chi connectivity index (χ1n) is 3.75. The van der Waals surface area contributed by atoms with Gasteiger partial charge in [0.05, 0.1) is 0 Å². The van der Waals surface area contributed by atoms with Crippen LogP contribution < -0.4 is 5.73 Å². The largest absolute Gasteiger partial charge is 0.328 e. The summed E-state index contributed by atoms with van der Waals surface area (Å²) in [6.45, 7) is 0. The first kappa shape index (κ1) is 9.20. The van der Waals surface area contributed by atoms with Crippen molar-refractivity contribution < 1.29 is 8.78 Å². The molecule has 0 spiro atoms. The van der Waals surface area contributed by atoms with E-state index in [4.69, 9.17) is 5.73 Å². The maximum Gasteiger partial charge on any atom is 0.254 e. The van der Waals surface area contributed by atoms with Gasteiger partial charge in [-0.05, 0) is 19.3 Å². The molecule has 4 heteroatoms. The minimum atomic E-state index is -2.35. The Morgan fingerprint density at radius 2 is 1.82 bits per heavy atom. The van der Waals surface area contributed by atoms with Gasteiger partial charge in [0.25, 0.3) is 5.92 Å². The van der Waals surface area contributed by atoms with Crippen molar-refractivity contribution in [3.63, 3.8) is 0 Å². The first-order valence-corrected chi connectivity index (χ1v) is 3.75. The van der Waals surface area contributed by atoms with E-state index in [2.05, 4.69) is 0 Å². The predicted molar refractivity (Wildman–Crippen MR) is 41.0 cm³/mol. The Kier molecular flexibility index (Phi) is 2.14. The molecule has 66 valence electrons. The zero-order valence-corrected chi connectivity index (χ0v) is 6.91. The van der Waals surface area contributed by atoms with E-state index in [9.17, 15) is 8.78 Å². The summed E-state index contributed by atoms with van der Waals surface area (Å²) in [5, 5.41) is 0. The first-order chi connectivity index (χ1) is 4.62. The van der Waals surface area contributed by atoms with Crippen LogP contribution >= 0.6 is 12.4 Å². The summed E-state index contributed by atoms with van der Waals surface area (Å²) in [6.07, 6.45) is 1.97. The normalized spacial score (nSPS) is 45.5. The molecule has 2 saturated carbocycles. The maximum absolute atomic E-state index is 12.6. The molecule has 0 aromatic heterocycles. The number of hydrogen-bond acceptors (Lipinski definition) is 1. The second kappa shape index (κ2) is 2.56. The van der Waals surface area contributed by atoms with Crippen molar-refractivity contribution in [2.45, 2.75) is 31.2 Å². The van der Waals surface area contributed by atoms with Crippen LogP contribution in [0, 0.1) is 11.8 Å². The molecule has 0 saturated heterocycles. The van der Waals surface area contributed by atoms with Crippen LogP contribution in [0.2, 0.25) is 0 Å². The molecule has 2 rings (SSSR count). The highest BCUT2D eigenvalue weighted by Crippen LogP contribution is 2.61. The van der Waals surface area contributed by atoms with E-state index in [0.717, 1.165) is 6.42 Å². The van der Waals surface area contributed by atoms with E-state index >= 15 is 0 Å². The predicted octanol–water partition coefficient (Wildman–Crippen LogP) is 1.80. The SMILES string of the molecule is Cl.NC1CCC2C(C1)C2(F)F. The van der Waals surface area contributed by atoms with E-state index in [1.165, 1.54) is 0 Å². The van der Waals surface area contributed by atoms with Crippen molar-refractivity contribution in [1.29, 1.82) is 0 Å². The summed E-state index contributed by atoms with van der Waals surface area (Å²) in [5.74, 6) is -3.03. The van der Waals surface area contributed by atoms with Gasteiger partial charge in [0.2, 0.25) is 0 Å². The summed E-state index contributed by atoms with van der Waals surface area (Å²) >= 11 is 0. The Morgan fingerprint density at radius 1 is 1.18 bits per heavy atom. The van der Waals surface area contributed by atoms with Crippen LogP contribution in [0.4, 0.5) is 8.78 Å². The number of nitrogens with two attached hydrogens (primary N) is 1. The highest BCUT2D eigenvalue weighted by Gasteiger charge is 2.68. The number of alkyl halides is 2. The molecule has 3 atom stereocenters. The molecule has 2 aliphatic rings. The van der Waals surface area contributed by atoms with Crippen LogP contribution in [-0.4, -0.2) is 12.0 Å². The van der Waals surface area contributed by atoms with E-state index in [-0.39, 0.29) is 30.3 Å². The van der Waals surface area contributed by atoms with E-state index in [1.807, 2.05) is 0 Å². The molecule has 0 heterocycles. The topological polar surface area (TPSA) is 26.0 Å². The number of rotatable bonds is 0. The third kappa shape index (κ3) is 1.25. The fraction of sp³-hybridized carbons (Fsp3) is 1.00. The summed E-state index contributed by atoms with van der Waals surface area (Å²) in [5.41, 5.74) is 5.54. The average molecular weight is 184 g/mol. The molecule has 0 bridgehead atoms. The smallest absolute Gasteiger partial charge is 0.254 e. The molecule has 3 unspecified atom stereocenters. The van der Waals surface area contributed by atoms with Crippen molar-refractivity contribution in [2.75, 3.05) is 0 Å². The maximum atomic E-state index is 12.6. The second-order valence-corrected chi connectivity index (χ2v) is 3.46. The molecular weight excluding hydrogens is 172 g/mol. The van der Waals surface area contributed by atoms with Crippen LogP contribution in [-0.2, 0) is 0 Å². The molecular formula is C7H12ClF2N. The molecule has 2 N–H and O–H groups in total. The molecule has 0 radical (unpaired) electrons. The van der Waals surface area contributed by atoms with Crippen molar-refractivity contribution in [1.82, 2.24) is 0 Å². The second-order valence-electron chi connectivity index (χ2n) is 3.46. The van der Waals surface area contributed by atoms with E-state index < -0.39 is 5.92 Å². The Balaban J connectivity index is 0.000000605. The lowest BCUT2D eigenvalue weighted by molar-refractivity contribution is 0.0848. The molecule has 2 fully saturated rings. The lowest BCUT2D eigenvalue weighted by Crippen LogP contribution is -2.23. The van der Waals surface area contributed by atoms with Gasteiger partial charge in [-0.25, -0.2) is 8.78 Å². The van der Waals surface area contributed by atoms with Gasteiger partial charge in [0.1, 0.15) is 0 Å². The lowest BCUT2D eigenvalue weighted by Gasteiger charge is -2.13. The monoisotopic (exact) mass is 183 g/mol. The number of hydrogen-bond donors (Lipinski definition) is 1. The van der Waals surface area contributed by atoms with Crippen LogP contribution in [0.1, 0.15) is 19.3 Å². The zero-order valence-electron chi connectivity index (χ0n) is 6.09. The summed E-state index contributed by atoms with van der Waals surface area (Å²) in [6, 6.07) is 0.0367. The number of halogens is 3. The van der Waals surface area contributed by atoms with Crippen LogP contribution in [0.5, 0.6) is 0 Å². The van der Waals surface area contributed by atoms with Gasteiger partial charge in [-0.15, -0.1) is 12.4 Å². The van der Waals surface area contributed by atoms with Gasteiger partial charge in [0.15, 0.2) is 0 Å². The van der Waals surface area contributed by atoms with Crippen molar-refractivity contribution in [3.05, 3.63) is 0 Å². The minimum Gasteiger partial charge on any atom is -0.328 e. The third-order valence-corrected chi connectivity index (χ3v) is 2.77. The quantitative estimate of drug-likeness (QED) is 0.609. The van der Waals surface area contributed by atoms with Gasteiger partial charge in [-0.1, -0.05) is 0 Å². The summed E-state index contributed by atoms with van der Waals surface area (Å²) in [7, 11) is 0. The number of fused-ring (bicyclic) bond motifs is 1. The standard InChI is InChI=1S/C7H11F2N.ClH/c8-7(9)5-2-1-4(10)3-6(5)7;/h4-6H,1-3,10H2;1H. The van der Waals surface area contributed by atoms with Crippen molar-refractivity contribution in [3.8, 4) is 0 Å². The molecule has 0 aliphatic heterocycles. The molecule has 0 aromatic rings.